The van der Waals surface area contributed by atoms with Gasteiger partial charge in [-0.15, -0.1) is 0 Å². The molecule has 0 fully saturated rings. The number of para-hydroxylation sites is 2. The molecule has 11 heteroatoms. The van der Waals surface area contributed by atoms with E-state index in [0.29, 0.717) is 11.2 Å². The van der Waals surface area contributed by atoms with Crippen LogP contribution < -0.4 is 74.5 Å². The average Bonchev–Trinajstić information content (AvgIpc) is 2.59. The van der Waals surface area contributed by atoms with Crippen LogP contribution in [0, 0.1) is 0 Å². The molecule has 0 radical (unpaired) electrons. The summed E-state index contributed by atoms with van der Waals surface area (Å²) < 4.78 is 17.4. The molecule has 0 spiro atoms. The van der Waals surface area contributed by atoms with Gasteiger partial charge in [-0.25, -0.2) is 4.57 Å². The number of carbonyl (C=O) groups excluding carboxylic acids is 1. The molecule has 134 valence electrons. The van der Waals surface area contributed by atoms with Crippen molar-refractivity contribution in [2.45, 2.75) is 0 Å². The fourth-order valence-electron chi connectivity index (χ4n) is 2.60. The predicted molar refractivity (Wildman–Crippen MR) is 96.3 cm³/mol. The molecule has 0 saturated carbocycles. The number of aromatic nitrogens is 1. The van der Waals surface area contributed by atoms with Gasteiger partial charge in [-0.05, 0) is 24.3 Å². The first-order valence-electron chi connectivity index (χ1n) is 7.51. The number of hydrogen-bond acceptors (Lipinski definition) is 4. The number of amides is 1. The number of carbonyl (C=O) groups is 1. The summed E-state index contributed by atoms with van der Waals surface area (Å²) in [5, 5.41) is 2.76. The third-order valence-electron chi connectivity index (χ3n) is 3.72. The van der Waals surface area contributed by atoms with Gasteiger partial charge in [0.15, 0.2) is 5.75 Å². The Balaban J connectivity index is 0.00000196. The number of phosphoric ester groups is 1. The van der Waals surface area contributed by atoms with Crippen molar-refractivity contribution in [2.75, 3.05) is 5.32 Å². The number of nitrogens with zero attached hydrogens (tertiary/aromatic N) is 1. The zero-order valence-electron chi connectivity index (χ0n) is 15.6. The second kappa shape index (κ2) is 10.2. The number of pyridine rings is 1. The number of nitrogens with one attached hydrogen (secondary N) is 1. The molecular formula is C17H15N2Na2O6P+2. The van der Waals surface area contributed by atoms with Crippen molar-refractivity contribution in [1.29, 1.82) is 0 Å². The summed E-state index contributed by atoms with van der Waals surface area (Å²) in [4.78, 5) is 43.8. The van der Waals surface area contributed by atoms with Crippen molar-refractivity contribution in [2.24, 2.45) is 7.05 Å². The maximum atomic E-state index is 12.7. The molecule has 28 heavy (non-hydrogen) atoms. The van der Waals surface area contributed by atoms with Crippen LogP contribution in [0.1, 0.15) is 10.4 Å². The standard InChI is InChI=1S/C17H15N2O6P.2Na/c1-19-13-10-6-5-9-12(13)15(25-26(22,23)24)14(17(19)21)16(20)18-11-7-3-2-4-8-11;;/h2-10H,1H3,(H,18,20)(H2,22,23,24);;/q;2*+1. The number of benzene rings is 2. The molecule has 2 aromatic carbocycles. The second-order valence-corrected chi connectivity index (χ2v) is 6.65. The Bertz CT molecular complexity index is 1100. The normalized spacial score (nSPS) is 10.5. The summed E-state index contributed by atoms with van der Waals surface area (Å²) in [6.07, 6.45) is 0. The Hall–Kier alpha value is -0.930. The van der Waals surface area contributed by atoms with Crippen molar-refractivity contribution in [3.05, 3.63) is 70.5 Å². The van der Waals surface area contributed by atoms with Gasteiger partial charge in [0, 0.05) is 18.1 Å². The molecule has 0 unspecified atom stereocenters. The zero-order chi connectivity index (χ0) is 18.9. The number of phosphoric acid groups is 1. The minimum Gasteiger partial charge on any atom is -0.402 e. The second-order valence-electron chi connectivity index (χ2n) is 5.49. The number of fused-ring (bicyclic) bond motifs is 1. The number of anilines is 1. The smallest absolute Gasteiger partial charge is 0.402 e. The van der Waals surface area contributed by atoms with Crippen LogP contribution in [0.2, 0.25) is 0 Å². The van der Waals surface area contributed by atoms with Crippen molar-refractivity contribution in [3.63, 3.8) is 0 Å². The molecule has 0 aliphatic heterocycles. The topological polar surface area (TPSA) is 118 Å². The zero-order valence-corrected chi connectivity index (χ0v) is 20.5. The molecule has 0 bridgehead atoms. The van der Waals surface area contributed by atoms with Crippen LogP contribution in [0.3, 0.4) is 0 Å². The molecule has 0 aliphatic carbocycles. The molecule has 0 aliphatic rings. The Labute approximate surface area is 204 Å². The molecule has 1 aromatic heterocycles. The minimum atomic E-state index is -5.00. The summed E-state index contributed by atoms with van der Waals surface area (Å²) in [5.74, 6) is -1.28. The van der Waals surface area contributed by atoms with Crippen LogP contribution in [-0.4, -0.2) is 20.3 Å². The van der Waals surface area contributed by atoms with E-state index in [4.69, 9.17) is 4.52 Å². The predicted octanol–water partition coefficient (Wildman–Crippen LogP) is -3.73. The summed E-state index contributed by atoms with van der Waals surface area (Å²) in [5.41, 5.74) is -0.425. The van der Waals surface area contributed by atoms with E-state index in [-0.39, 0.29) is 64.5 Å². The van der Waals surface area contributed by atoms with E-state index in [0.717, 1.165) is 0 Å². The van der Waals surface area contributed by atoms with Crippen molar-refractivity contribution < 1.29 is 82.8 Å². The van der Waals surface area contributed by atoms with Crippen LogP contribution in [-0.2, 0) is 11.6 Å². The van der Waals surface area contributed by atoms with Gasteiger partial charge < -0.3 is 14.4 Å². The van der Waals surface area contributed by atoms with Crippen LogP contribution >= 0.6 is 7.82 Å². The van der Waals surface area contributed by atoms with Crippen LogP contribution in [0.25, 0.3) is 10.9 Å². The van der Waals surface area contributed by atoms with Crippen LogP contribution in [0.4, 0.5) is 5.69 Å². The third-order valence-corrected chi connectivity index (χ3v) is 4.14. The number of rotatable bonds is 4. The Morgan fingerprint density at radius 2 is 1.61 bits per heavy atom. The van der Waals surface area contributed by atoms with Gasteiger partial charge in [-0.3, -0.25) is 19.4 Å². The van der Waals surface area contributed by atoms with E-state index in [1.165, 1.54) is 17.7 Å². The van der Waals surface area contributed by atoms with E-state index < -0.39 is 30.6 Å². The largest absolute Gasteiger partial charge is 1.00 e. The molecule has 1 heterocycles. The van der Waals surface area contributed by atoms with E-state index in [1.807, 2.05) is 0 Å². The van der Waals surface area contributed by atoms with E-state index in [2.05, 4.69) is 5.32 Å². The minimum absolute atomic E-state index is 0. The Kier molecular flexibility index (Phi) is 9.15. The summed E-state index contributed by atoms with van der Waals surface area (Å²) in [7, 11) is -3.54. The van der Waals surface area contributed by atoms with Crippen LogP contribution in [0.5, 0.6) is 5.75 Å². The first kappa shape index (κ1) is 25.1. The van der Waals surface area contributed by atoms with Crippen LogP contribution in [0.15, 0.2) is 59.4 Å². The number of hydrogen-bond donors (Lipinski definition) is 3. The van der Waals surface area contributed by atoms with Gasteiger partial charge in [-0.1, -0.05) is 30.3 Å². The van der Waals surface area contributed by atoms with Crippen molar-refractivity contribution >= 4 is 30.3 Å². The monoisotopic (exact) mass is 420 g/mol. The Morgan fingerprint density at radius 1 is 1.04 bits per heavy atom. The summed E-state index contributed by atoms with van der Waals surface area (Å²) >= 11 is 0. The summed E-state index contributed by atoms with van der Waals surface area (Å²) in [6, 6.07) is 14.8. The first-order chi connectivity index (χ1) is 12.3. The molecule has 3 N–H and O–H groups in total. The first-order valence-corrected chi connectivity index (χ1v) is 9.04. The quantitative estimate of drug-likeness (QED) is 0.295. The van der Waals surface area contributed by atoms with Gasteiger partial charge in [0.2, 0.25) is 0 Å². The molecule has 1 amide bonds. The number of aryl methyl sites for hydroxylation is 1. The fourth-order valence-corrected chi connectivity index (χ4v) is 3.02. The molecule has 3 rings (SSSR count). The third kappa shape index (κ3) is 5.57. The van der Waals surface area contributed by atoms with E-state index in [1.54, 1.807) is 48.5 Å². The molecule has 0 atom stereocenters. The van der Waals surface area contributed by atoms with Gasteiger partial charge in [0.05, 0.1) is 5.52 Å². The van der Waals surface area contributed by atoms with Gasteiger partial charge in [0.25, 0.3) is 11.5 Å². The van der Waals surface area contributed by atoms with Crippen molar-refractivity contribution in [1.82, 2.24) is 4.57 Å². The Morgan fingerprint density at radius 3 is 2.21 bits per heavy atom. The maximum Gasteiger partial charge on any atom is 1.00 e. The van der Waals surface area contributed by atoms with Gasteiger partial charge in [-0.2, -0.15) is 0 Å². The fraction of sp³-hybridized carbons (Fsp3) is 0.0588. The summed E-state index contributed by atoms with van der Waals surface area (Å²) in [6.45, 7) is 0. The molecule has 0 saturated heterocycles. The SMILES string of the molecule is Cn1c(=O)c(C(=O)Nc2ccccc2)c(OP(=O)(O)O)c2ccccc21.[Na+].[Na+]. The average molecular weight is 420 g/mol. The molecule has 8 nitrogen and oxygen atoms in total. The van der Waals surface area contributed by atoms with Gasteiger partial charge >= 0.3 is 66.9 Å². The van der Waals surface area contributed by atoms with E-state index >= 15 is 0 Å². The van der Waals surface area contributed by atoms with Gasteiger partial charge in [0.1, 0.15) is 5.56 Å². The molecule has 3 aromatic rings. The molecular weight excluding hydrogens is 405 g/mol. The van der Waals surface area contributed by atoms with E-state index in [9.17, 15) is 23.9 Å². The maximum absolute atomic E-state index is 12.7. The van der Waals surface area contributed by atoms with Crippen molar-refractivity contribution in [3.8, 4) is 5.75 Å².